The fraction of sp³-hybridized carbons (Fsp3) is 0.375. The van der Waals surface area contributed by atoms with Gasteiger partial charge in [-0.05, 0) is 36.0 Å². The van der Waals surface area contributed by atoms with Crippen LogP contribution in [-0.2, 0) is 6.42 Å². The van der Waals surface area contributed by atoms with Gasteiger partial charge in [-0.15, -0.1) is 11.3 Å². The van der Waals surface area contributed by atoms with Crippen molar-refractivity contribution in [1.82, 2.24) is 0 Å². The Bertz CT molecular complexity index is 593. The fourth-order valence-electron chi connectivity index (χ4n) is 2.05. The summed E-state index contributed by atoms with van der Waals surface area (Å²) >= 11 is 1.59. The molecule has 1 aromatic heterocycles. The standard InChI is InChI=1S/C16H18O2S/c1-16(2,3)7-6-11-4-5-12-13(8-11)18-15-10-19-9-14(15)17-12/h4-5,8-10H,6-7H2,1-3H3. The second-order valence-corrected chi connectivity index (χ2v) is 6.89. The molecule has 19 heavy (non-hydrogen) atoms. The molecule has 0 radical (unpaired) electrons. The van der Waals surface area contributed by atoms with E-state index >= 15 is 0 Å². The van der Waals surface area contributed by atoms with Gasteiger partial charge in [0.15, 0.2) is 23.0 Å². The van der Waals surface area contributed by atoms with E-state index in [1.165, 1.54) is 5.56 Å². The largest absolute Gasteiger partial charge is 0.449 e. The van der Waals surface area contributed by atoms with E-state index in [1.54, 1.807) is 11.3 Å². The van der Waals surface area contributed by atoms with E-state index in [2.05, 4.69) is 32.9 Å². The van der Waals surface area contributed by atoms with Crippen molar-refractivity contribution in [1.29, 1.82) is 0 Å². The third-order valence-corrected chi connectivity index (χ3v) is 3.90. The van der Waals surface area contributed by atoms with Gasteiger partial charge >= 0.3 is 0 Å². The summed E-state index contributed by atoms with van der Waals surface area (Å²) in [4.78, 5) is 0. The molecule has 0 amide bonds. The Morgan fingerprint density at radius 1 is 0.947 bits per heavy atom. The third kappa shape index (κ3) is 2.76. The van der Waals surface area contributed by atoms with Crippen LogP contribution in [0, 0.1) is 5.41 Å². The second-order valence-electron chi connectivity index (χ2n) is 6.15. The van der Waals surface area contributed by atoms with Crippen molar-refractivity contribution < 1.29 is 9.47 Å². The number of ether oxygens (including phenoxy) is 2. The molecule has 3 heteroatoms. The van der Waals surface area contributed by atoms with Crippen LogP contribution in [0.3, 0.4) is 0 Å². The number of benzene rings is 1. The molecule has 0 aliphatic carbocycles. The lowest BCUT2D eigenvalue weighted by atomic mass is 9.88. The van der Waals surface area contributed by atoms with E-state index in [-0.39, 0.29) is 0 Å². The Morgan fingerprint density at radius 3 is 2.32 bits per heavy atom. The number of hydrogen-bond acceptors (Lipinski definition) is 3. The number of aryl methyl sites for hydroxylation is 1. The van der Waals surface area contributed by atoms with Gasteiger partial charge in [-0.2, -0.15) is 0 Å². The van der Waals surface area contributed by atoms with Crippen LogP contribution in [0.25, 0.3) is 0 Å². The molecule has 2 heterocycles. The quantitative estimate of drug-likeness (QED) is 0.603. The van der Waals surface area contributed by atoms with E-state index in [9.17, 15) is 0 Å². The molecule has 0 atom stereocenters. The van der Waals surface area contributed by atoms with E-state index in [0.29, 0.717) is 5.41 Å². The second kappa shape index (κ2) is 4.57. The van der Waals surface area contributed by atoms with Gasteiger partial charge in [0.25, 0.3) is 0 Å². The summed E-state index contributed by atoms with van der Waals surface area (Å²) in [7, 11) is 0. The summed E-state index contributed by atoms with van der Waals surface area (Å²) < 4.78 is 11.7. The zero-order valence-corrected chi connectivity index (χ0v) is 12.3. The summed E-state index contributed by atoms with van der Waals surface area (Å²) in [5.41, 5.74) is 1.66. The monoisotopic (exact) mass is 274 g/mol. The maximum absolute atomic E-state index is 5.88. The van der Waals surface area contributed by atoms with E-state index < -0.39 is 0 Å². The van der Waals surface area contributed by atoms with Crippen molar-refractivity contribution in [2.75, 3.05) is 0 Å². The molecule has 3 rings (SSSR count). The molecule has 0 bridgehead atoms. The number of thiophene rings is 1. The lowest BCUT2D eigenvalue weighted by Gasteiger charge is -2.20. The van der Waals surface area contributed by atoms with Gasteiger partial charge in [0.1, 0.15) is 0 Å². The SMILES string of the molecule is CC(C)(C)CCc1ccc2c(c1)Oc1cscc1O2. The topological polar surface area (TPSA) is 18.5 Å². The van der Waals surface area contributed by atoms with Gasteiger partial charge in [-0.1, -0.05) is 26.8 Å². The van der Waals surface area contributed by atoms with E-state index in [1.807, 2.05) is 16.8 Å². The van der Waals surface area contributed by atoms with Crippen LogP contribution in [-0.4, -0.2) is 0 Å². The Hall–Kier alpha value is -1.48. The minimum absolute atomic E-state index is 0.355. The molecule has 0 fully saturated rings. The Labute approximate surface area is 118 Å². The molecule has 0 saturated carbocycles. The molecule has 0 unspecified atom stereocenters. The molecule has 0 N–H and O–H groups in total. The Kier molecular flexibility index (Phi) is 3.02. The first kappa shape index (κ1) is 12.5. The number of fused-ring (bicyclic) bond motifs is 2. The van der Waals surface area contributed by atoms with Gasteiger partial charge < -0.3 is 9.47 Å². The smallest absolute Gasteiger partial charge is 0.180 e. The van der Waals surface area contributed by atoms with Crippen LogP contribution in [0.4, 0.5) is 0 Å². The van der Waals surface area contributed by atoms with Gasteiger partial charge in [-0.25, -0.2) is 0 Å². The summed E-state index contributed by atoms with van der Waals surface area (Å²) in [6.45, 7) is 6.80. The van der Waals surface area contributed by atoms with Crippen LogP contribution in [0.1, 0.15) is 32.8 Å². The summed E-state index contributed by atoms with van der Waals surface area (Å²) in [5.74, 6) is 3.29. The van der Waals surface area contributed by atoms with Crippen LogP contribution in [0.15, 0.2) is 29.0 Å². The highest BCUT2D eigenvalue weighted by Gasteiger charge is 2.20. The highest BCUT2D eigenvalue weighted by molar-refractivity contribution is 7.08. The van der Waals surface area contributed by atoms with Gasteiger partial charge in [-0.3, -0.25) is 0 Å². The number of rotatable bonds is 2. The summed E-state index contributed by atoms with van der Waals surface area (Å²) in [5, 5.41) is 3.94. The first-order valence-electron chi connectivity index (χ1n) is 6.56. The number of hydrogen-bond donors (Lipinski definition) is 0. The molecule has 1 aromatic carbocycles. The zero-order chi connectivity index (χ0) is 13.5. The van der Waals surface area contributed by atoms with Crippen molar-refractivity contribution in [3.63, 3.8) is 0 Å². The Morgan fingerprint density at radius 2 is 1.63 bits per heavy atom. The first-order valence-corrected chi connectivity index (χ1v) is 7.50. The highest BCUT2D eigenvalue weighted by atomic mass is 32.1. The first-order chi connectivity index (χ1) is 9.01. The normalized spacial score (nSPS) is 13.2. The summed E-state index contributed by atoms with van der Waals surface area (Å²) in [6.07, 6.45) is 2.23. The van der Waals surface area contributed by atoms with Crippen LogP contribution in [0.5, 0.6) is 23.0 Å². The zero-order valence-electron chi connectivity index (χ0n) is 11.5. The Balaban J connectivity index is 1.79. The van der Waals surface area contributed by atoms with Gasteiger partial charge in [0, 0.05) is 10.8 Å². The molecular weight excluding hydrogens is 256 g/mol. The van der Waals surface area contributed by atoms with Gasteiger partial charge in [0.2, 0.25) is 0 Å². The van der Waals surface area contributed by atoms with E-state index in [0.717, 1.165) is 35.8 Å². The van der Waals surface area contributed by atoms with Crippen molar-refractivity contribution >= 4 is 11.3 Å². The van der Waals surface area contributed by atoms with Crippen LogP contribution in [0.2, 0.25) is 0 Å². The van der Waals surface area contributed by atoms with Crippen LogP contribution < -0.4 is 9.47 Å². The van der Waals surface area contributed by atoms with Crippen LogP contribution >= 0.6 is 11.3 Å². The maximum atomic E-state index is 5.88. The minimum Gasteiger partial charge on any atom is -0.449 e. The lowest BCUT2D eigenvalue weighted by Crippen LogP contribution is -2.06. The van der Waals surface area contributed by atoms with Gasteiger partial charge in [0.05, 0.1) is 0 Å². The molecule has 0 saturated heterocycles. The van der Waals surface area contributed by atoms with Crippen molar-refractivity contribution in [2.45, 2.75) is 33.6 Å². The van der Waals surface area contributed by atoms with Crippen molar-refractivity contribution in [2.24, 2.45) is 5.41 Å². The maximum Gasteiger partial charge on any atom is 0.180 e. The molecule has 1 aliphatic heterocycles. The molecule has 100 valence electrons. The average Bonchev–Trinajstić information content (AvgIpc) is 2.79. The van der Waals surface area contributed by atoms with Crippen molar-refractivity contribution in [3.05, 3.63) is 34.5 Å². The molecular formula is C16H18O2S. The lowest BCUT2D eigenvalue weighted by molar-refractivity contribution is 0.360. The molecule has 1 aliphatic rings. The molecule has 0 spiro atoms. The average molecular weight is 274 g/mol. The predicted octanol–water partition coefficient (Wildman–Crippen LogP) is 5.62. The molecule has 2 nitrogen and oxygen atoms in total. The molecule has 2 aromatic rings. The third-order valence-electron chi connectivity index (χ3n) is 3.20. The van der Waals surface area contributed by atoms with E-state index in [4.69, 9.17) is 9.47 Å². The fourth-order valence-corrected chi connectivity index (χ4v) is 2.69. The highest BCUT2D eigenvalue weighted by Crippen LogP contribution is 2.47. The van der Waals surface area contributed by atoms with Crippen molar-refractivity contribution in [3.8, 4) is 23.0 Å². The minimum atomic E-state index is 0.355. The predicted molar refractivity (Wildman–Crippen MR) is 78.7 cm³/mol. The summed E-state index contributed by atoms with van der Waals surface area (Å²) in [6, 6.07) is 6.24.